The largest absolute Gasteiger partial charge is 0.495 e. The van der Waals surface area contributed by atoms with E-state index in [0.717, 1.165) is 5.69 Å². The number of para-hydroxylation sites is 2. The van der Waals surface area contributed by atoms with Crippen LogP contribution in [0.4, 0.5) is 17.3 Å². The highest BCUT2D eigenvalue weighted by molar-refractivity contribution is 5.82. The molecule has 0 aliphatic rings. The topological polar surface area (TPSA) is 93.0 Å². The third-order valence-electron chi connectivity index (χ3n) is 3.09. The molecular weight excluding hydrogens is 268 g/mol. The first-order valence-corrected chi connectivity index (χ1v) is 6.37. The molecule has 0 aliphatic heterocycles. The zero-order chi connectivity index (χ0) is 14.8. The van der Waals surface area contributed by atoms with Gasteiger partial charge in [-0.1, -0.05) is 12.1 Å². The number of rotatable bonds is 3. The Morgan fingerprint density at radius 1 is 1.24 bits per heavy atom. The highest BCUT2D eigenvalue weighted by Gasteiger charge is 2.07. The number of fused-ring (bicyclic) bond motifs is 1. The number of benzene rings is 2. The first kappa shape index (κ1) is 13.0. The van der Waals surface area contributed by atoms with Crippen molar-refractivity contribution in [1.29, 1.82) is 0 Å². The molecule has 0 radical (unpaired) electrons. The number of hydrogen-bond donors (Lipinski definition) is 3. The predicted octanol–water partition coefficient (Wildman–Crippen LogP) is 2.26. The van der Waals surface area contributed by atoms with Crippen molar-refractivity contribution in [2.75, 3.05) is 18.2 Å². The molecule has 0 unspecified atom stereocenters. The molecule has 0 atom stereocenters. The van der Waals surface area contributed by atoms with E-state index in [-0.39, 0.29) is 5.56 Å². The number of aromatic nitrogens is 2. The molecule has 1 aromatic heterocycles. The van der Waals surface area contributed by atoms with E-state index < -0.39 is 0 Å². The van der Waals surface area contributed by atoms with Crippen LogP contribution in [-0.4, -0.2) is 17.1 Å². The van der Waals surface area contributed by atoms with E-state index in [1.54, 1.807) is 25.3 Å². The molecule has 21 heavy (non-hydrogen) atoms. The summed E-state index contributed by atoms with van der Waals surface area (Å²) in [4.78, 5) is 19.1. The Balaban J connectivity index is 2.05. The Morgan fingerprint density at radius 3 is 2.86 bits per heavy atom. The summed E-state index contributed by atoms with van der Waals surface area (Å²) in [5.74, 6) is 1.01. The molecule has 2 aromatic carbocycles. The quantitative estimate of drug-likeness (QED) is 0.641. The molecule has 106 valence electrons. The molecule has 4 N–H and O–H groups in total. The molecule has 0 saturated heterocycles. The second-order valence-electron chi connectivity index (χ2n) is 4.52. The lowest BCUT2D eigenvalue weighted by atomic mass is 10.2. The van der Waals surface area contributed by atoms with Gasteiger partial charge < -0.3 is 15.8 Å². The van der Waals surface area contributed by atoms with E-state index >= 15 is 0 Å². The molecular formula is C15H14N4O2. The molecule has 0 spiro atoms. The van der Waals surface area contributed by atoms with E-state index in [2.05, 4.69) is 15.3 Å². The third-order valence-corrected chi connectivity index (χ3v) is 3.09. The fourth-order valence-electron chi connectivity index (χ4n) is 2.09. The van der Waals surface area contributed by atoms with Crippen LogP contribution in [0.3, 0.4) is 0 Å². The second kappa shape index (κ2) is 5.16. The van der Waals surface area contributed by atoms with Crippen LogP contribution in [-0.2, 0) is 0 Å². The molecule has 0 fully saturated rings. The Bertz CT molecular complexity index is 858. The van der Waals surface area contributed by atoms with E-state index in [9.17, 15) is 4.79 Å². The van der Waals surface area contributed by atoms with Gasteiger partial charge in [-0.15, -0.1) is 0 Å². The minimum atomic E-state index is -0.246. The van der Waals surface area contributed by atoms with Crippen LogP contribution in [0.1, 0.15) is 0 Å². The predicted molar refractivity (Wildman–Crippen MR) is 83.1 cm³/mol. The van der Waals surface area contributed by atoms with Crippen LogP contribution in [0, 0.1) is 0 Å². The fraction of sp³-hybridized carbons (Fsp3) is 0.0667. The lowest BCUT2D eigenvalue weighted by molar-refractivity contribution is 0.417. The van der Waals surface area contributed by atoms with Crippen LogP contribution in [0.2, 0.25) is 0 Å². The summed E-state index contributed by atoms with van der Waals surface area (Å²) in [6.07, 6.45) is 0. The van der Waals surface area contributed by atoms with Gasteiger partial charge in [0.15, 0.2) is 0 Å². The molecule has 3 aromatic rings. The summed E-state index contributed by atoms with van der Waals surface area (Å²) < 4.78 is 5.25. The molecule has 6 nitrogen and oxygen atoms in total. The fourth-order valence-corrected chi connectivity index (χ4v) is 2.09. The normalized spacial score (nSPS) is 10.5. The molecule has 3 rings (SSSR count). The highest BCUT2D eigenvalue weighted by atomic mass is 16.5. The summed E-state index contributed by atoms with van der Waals surface area (Å²) in [5.41, 5.74) is 7.26. The maximum Gasteiger partial charge on any atom is 0.260 e. The smallest absolute Gasteiger partial charge is 0.260 e. The molecule has 1 heterocycles. The van der Waals surface area contributed by atoms with Gasteiger partial charge in [-0.25, -0.2) is 4.98 Å². The standard InChI is InChI=1S/C15H14N4O2/c1-21-13-5-3-2-4-12(13)18-15-17-11-7-6-9(16)8-10(11)14(20)19-15/h2-8H,16H2,1H3,(H2,17,18,19,20). The van der Waals surface area contributed by atoms with Gasteiger partial charge in [-0.2, -0.15) is 0 Å². The van der Waals surface area contributed by atoms with Crippen molar-refractivity contribution in [2.45, 2.75) is 0 Å². The number of nitrogen functional groups attached to an aromatic ring is 1. The van der Waals surface area contributed by atoms with Crippen molar-refractivity contribution in [1.82, 2.24) is 9.97 Å². The van der Waals surface area contributed by atoms with Crippen LogP contribution in [0.5, 0.6) is 5.75 Å². The van der Waals surface area contributed by atoms with E-state index in [4.69, 9.17) is 10.5 Å². The number of hydrogen-bond acceptors (Lipinski definition) is 5. The maximum atomic E-state index is 12.1. The van der Waals surface area contributed by atoms with Crippen molar-refractivity contribution in [3.8, 4) is 5.75 Å². The van der Waals surface area contributed by atoms with Crippen LogP contribution >= 0.6 is 0 Å². The minimum absolute atomic E-state index is 0.246. The Morgan fingerprint density at radius 2 is 2.05 bits per heavy atom. The van der Waals surface area contributed by atoms with Gasteiger partial charge in [0.1, 0.15) is 5.75 Å². The zero-order valence-corrected chi connectivity index (χ0v) is 11.4. The van der Waals surface area contributed by atoms with Crippen LogP contribution < -0.4 is 21.3 Å². The lowest BCUT2D eigenvalue weighted by Gasteiger charge is -2.10. The van der Waals surface area contributed by atoms with Crippen molar-refractivity contribution >= 4 is 28.2 Å². The number of ether oxygens (including phenoxy) is 1. The Labute approximate surface area is 120 Å². The van der Waals surface area contributed by atoms with E-state index in [0.29, 0.717) is 28.3 Å². The first-order valence-electron chi connectivity index (χ1n) is 6.37. The van der Waals surface area contributed by atoms with Gasteiger partial charge in [0, 0.05) is 5.69 Å². The van der Waals surface area contributed by atoms with E-state index in [1.807, 2.05) is 24.3 Å². The Hall–Kier alpha value is -3.02. The minimum Gasteiger partial charge on any atom is -0.495 e. The molecule has 0 saturated carbocycles. The van der Waals surface area contributed by atoms with Crippen molar-refractivity contribution in [3.63, 3.8) is 0 Å². The van der Waals surface area contributed by atoms with Crippen LogP contribution in [0.15, 0.2) is 47.3 Å². The summed E-state index contributed by atoms with van der Waals surface area (Å²) in [7, 11) is 1.58. The molecule has 0 aliphatic carbocycles. The summed E-state index contributed by atoms with van der Waals surface area (Å²) in [6.45, 7) is 0. The zero-order valence-electron chi connectivity index (χ0n) is 11.4. The van der Waals surface area contributed by atoms with Gasteiger partial charge >= 0.3 is 0 Å². The van der Waals surface area contributed by atoms with Gasteiger partial charge in [-0.05, 0) is 30.3 Å². The maximum absolute atomic E-state index is 12.1. The van der Waals surface area contributed by atoms with Gasteiger partial charge in [0.25, 0.3) is 5.56 Å². The average molecular weight is 282 g/mol. The summed E-state index contributed by atoms with van der Waals surface area (Å²) >= 11 is 0. The average Bonchev–Trinajstić information content (AvgIpc) is 2.49. The SMILES string of the molecule is COc1ccccc1Nc1nc2ccc(N)cc2c(=O)[nH]1. The number of nitrogens with two attached hydrogens (primary N) is 1. The third kappa shape index (κ3) is 2.51. The monoisotopic (exact) mass is 282 g/mol. The lowest BCUT2D eigenvalue weighted by Crippen LogP contribution is -2.11. The Kier molecular flexibility index (Phi) is 3.19. The second-order valence-corrected chi connectivity index (χ2v) is 4.52. The van der Waals surface area contributed by atoms with Crippen molar-refractivity contribution in [3.05, 3.63) is 52.8 Å². The highest BCUT2D eigenvalue weighted by Crippen LogP contribution is 2.25. The summed E-state index contributed by atoms with van der Waals surface area (Å²) in [6, 6.07) is 12.4. The number of methoxy groups -OCH3 is 1. The number of anilines is 3. The van der Waals surface area contributed by atoms with E-state index in [1.165, 1.54) is 0 Å². The van der Waals surface area contributed by atoms with Gasteiger partial charge in [0.05, 0.1) is 23.7 Å². The molecule has 6 heteroatoms. The number of aromatic amines is 1. The van der Waals surface area contributed by atoms with Gasteiger partial charge in [0.2, 0.25) is 5.95 Å². The summed E-state index contributed by atoms with van der Waals surface area (Å²) in [5, 5.41) is 3.51. The number of nitrogens with one attached hydrogen (secondary N) is 2. The number of nitrogens with zero attached hydrogens (tertiary/aromatic N) is 1. The number of H-pyrrole nitrogens is 1. The van der Waals surface area contributed by atoms with Crippen molar-refractivity contribution < 1.29 is 4.74 Å². The molecule has 0 bridgehead atoms. The van der Waals surface area contributed by atoms with Crippen LogP contribution in [0.25, 0.3) is 10.9 Å². The molecule has 0 amide bonds. The van der Waals surface area contributed by atoms with Gasteiger partial charge in [-0.3, -0.25) is 9.78 Å². The first-order chi connectivity index (χ1) is 10.2. The van der Waals surface area contributed by atoms with Crippen molar-refractivity contribution in [2.24, 2.45) is 0 Å².